The van der Waals surface area contributed by atoms with Crippen molar-refractivity contribution >= 4 is 17.7 Å². The van der Waals surface area contributed by atoms with Gasteiger partial charge in [0, 0.05) is 44.6 Å². The molecule has 0 radical (unpaired) electrons. The van der Waals surface area contributed by atoms with Crippen LogP contribution in [-0.2, 0) is 0 Å². The summed E-state index contributed by atoms with van der Waals surface area (Å²) in [6.45, 7) is 4.78. The van der Waals surface area contributed by atoms with Crippen molar-refractivity contribution in [1.29, 1.82) is 0 Å². The Morgan fingerprint density at radius 3 is 2.54 bits per heavy atom. The van der Waals surface area contributed by atoms with E-state index < -0.39 is 0 Å². The van der Waals surface area contributed by atoms with Gasteiger partial charge in [-0.15, -0.1) is 0 Å². The lowest BCUT2D eigenvalue weighted by Crippen LogP contribution is -2.50. The molecule has 1 N–H and O–H groups in total. The van der Waals surface area contributed by atoms with Crippen LogP contribution in [0.15, 0.2) is 61.2 Å². The van der Waals surface area contributed by atoms with Crippen LogP contribution in [0.2, 0.25) is 0 Å². The second-order valence-corrected chi connectivity index (χ2v) is 6.72. The topological polar surface area (TPSA) is 79.2 Å². The molecule has 1 aliphatic rings. The van der Waals surface area contributed by atoms with Crippen molar-refractivity contribution in [2.75, 3.05) is 36.4 Å². The molecule has 144 valence electrons. The van der Waals surface area contributed by atoms with Crippen LogP contribution in [0.3, 0.4) is 0 Å². The Hall–Kier alpha value is -3.42. The minimum Gasteiger partial charge on any atom is -0.352 e. The summed E-state index contributed by atoms with van der Waals surface area (Å²) in [5.41, 5.74) is 1.14. The summed E-state index contributed by atoms with van der Waals surface area (Å²) in [7, 11) is 0. The molecule has 8 heteroatoms. The monoisotopic (exact) mass is 377 g/mol. The maximum absolute atomic E-state index is 12.7. The van der Waals surface area contributed by atoms with Crippen molar-refractivity contribution in [2.24, 2.45) is 0 Å². The van der Waals surface area contributed by atoms with E-state index in [4.69, 9.17) is 0 Å². The number of benzene rings is 1. The van der Waals surface area contributed by atoms with E-state index in [-0.39, 0.29) is 12.1 Å². The number of carbonyl (C=O) groups excluding carboxylic acids is 1. The molecule has 2 amide bonds. The van der Waals surface area contributed by atoms with Crippen LogP contribution in [0.4, 0.5) is 16.4 Å². The molecule has 1 aliphatic heterocycles. The first kappa shape index (κ1) is 18.0. The van der Waals surface area contributed by atoms with Crippen molar-refractivity contribution in [2.45, 2.75) is 13.0 Å². The number of rotatable bonds is 4. The van der Waals surface area contributed by atoms with Crippen molar-refractivity contribution in [3.8, 4) is 0 Å². The summed E-state index contributed by atoms with van der Waals surface area (Å²) >= 11 is 0. The van der Waals surface area contributed by atoms with Crippen molar-refractivity contribution in [1.82, 2.24) is 24.6 Å². The molecular formula is C20H23N7O. The van der Waals surface area contributed by atoms with Gasteiger partial charge in [0.25, 0.3) is 0 Å². The number of urea groups is 1. The lowest BCUT2D eigenvalue weighted by atomic mass is 10.1. The Morgan fingerprint density at radius 1 is 1.04 bits per heavy atom. The first-order valence-electron chi connectivity index (χ1n) is 9.38. The van der Waals surface area contributed by atoms with Gasteiger partial charge in [0.05, 0.1) is 18.4 Å². The fourth-order valence-electron chi connectivity index (χ4n) is 3.38. The minimum atomic E-state index is -0.110. The van der Waals surface area contributed by atoms with Crippen LogP contribution < -0.4 is 10.2 Å². The maximum Gasteiger partial charge on any atom is 0.323 e. The largest absolute Gasteiger partial charge is 0.352 e. The third-order valence-corrected chi connectivity index (χ3v) is 4.99. The highest BCUT2D eigenvalue weighted by atomic mass is 16.2. The fraction of sp³-hybridized carbons (Fsp3) is 0.300. The third kappa shape index (κ3) is 3.80. The van der Waals surface area contributed by atoms with E-state index in [1.165, 1.54) is 0 Å². The zero-order chi connectivity index (χ0) is 19.3. The number of hydrogen-bond acceptors (Lipinski definition) is 5. The van der Waals surface area contributed by atoms with Crippen molar-refractivity contribution < 1.29 is 4.79 Å². The minimum absolute atomic E-state index is 0.0278. The molecule has 3 heterocycles. The van der Waals surface area contributed by atoms with Crippen LogP contribution in [0.5, 0.6) is 0 Å². The van der Waals surface area contributed by atoms with Crippen LogP contribution in [0.25, 0.3) is 0 Å². The standard InChI is InChI=1S/C20H23N7O/c1-16(17-5-3-2-4-6-17)27-18(7-8-23-27)24-20(28)26-13-11-25(12-14-26)19-15-21-9-10-22-19/h2-10,15-16H,11-14H2,1H3,(H,24,28)/t16-/m0/s1. The normalized spacial score (nSPS) is 15.3. The second kappa shape index (κ2) is 8.08. The lowest BCUT2D eigenvalue weighted by Gasteiger charge is -2.35. The quantitative estimate of drug-likeness (QED) is 0.756. The van der Waals surface area contributed by atoms with Crippen LogP contribution in [0, 0.1) is 0 Å². The number of hydrogen-bond donors (Lipinski definition) is 1. The van der Waals surface area contributed by atoms with E-state index in [9.17, 15) is 4.79 Å². The molecule has 1 fully saturated rings. The maximum atomic E-state index is 12.7. The Balaban J connectivity index is 1.38. The van der Waals surface area contributed by atoms with E-state index in [0.717, 1.165) is 24.5 Å². The van der Waals surface area contributed by atoms with E-state index in [0.29, 0.717) is 18.9 Å². The van der Waals surface area contributed by atoms with E-state index in [1.54, 1.807) is 24.8 Å². The molecule has 8 nitrogen and oxygen atoms in total. The second-order valence-electron chi connectivity index (χ2n) is 6.72. The van der Waals surface area contributed by atoms with Gasteiger partial charge in [-0.1, -0.05) is 30.3 Å². The summed E-state index contributed by atoms with van der Waals surface area (Å²) in [6, 6.07) is 11.9. The van der Waals surface area contributed by atoms with Gasteiger partial charge in [-0.05, 0) is 12.5 Å². The lowest BCUT2D eigenvalue weighted by molar-refractivity contribution is 0.207. The fourth-order valence-corrected chi connectivity index (χ4v) is 3.38. The van der Waals surface area contributed by atoms with Crippen molar-refractivity contribution in [3.05, 3.63) is 66.7 Å². The summed E-state index contributed by atoms with van der Waals surface area (Å²) in [5, 5.41) is 7.41. The van der Waals surface area contributed by atoms with Gasteiger partial charge in [-0.3, -0.25) is 10.3 Å². The Labute approximate surface area is 163 Å². The number of piperazine rings is 1. The van der Waals surface area contributed by atoms with E-state index in [1.807, 2.05) is 33.8 Å². The number of anilines is 2. The van der Waals surface area contributed by atoms with Gasteiger partial charge < -0.3 is 9.80 Å². The third-order valence-electron chi connectivity index (χ3n) is 4.99. The van der Waals surface area contributed by atoms with Crippen LogP contribution in [-0.4, -0.2) is 56.9 Å². The molecule has 0 spiro atoms. The summed E-state index contributed by atoms with van der Waals surface area (Å²) < 4.78 is 1.84. The molecule has 0 saturated carbocycles. The SMILES string of the molecule is C[C@@H](c1ccccc1)n1nccc1NC(=O)N1CCN(c2cnccn2)CC1. The van der Waals surface area contributed by atoms with Crippen LogP contribution in [0.1, 0.15) is 18.5 Å². The molecule has 0 aliphatic carbocycles. The predicted molar refractivity (Wildman–Crippen MR) is 107 cm³/mol. The molecule has 2 aromatic heterocycles. The molecule has 1 atom stereocenters. The summed E-state index contributed by atoms with van der Waals surface area (Å²) in [5.74, 6) is 1.54. The molecule has 28 heavy (non-hydrogen) atoms. The molecule has 4 rings (SSSR count). The Morgan fingerprint density at radius 2 is 1.82 bits per heavy atom. The number of nitrogens with zero attached hydrogens (tertiary/aromatic N) is 6. The summed E-state index contributed by atoms with van der Waals surface area (Å²) in [4.78, 5) is 25.1. The average molecular weight is 377 g/mol. The van der Waals surface area contributed by atoms with Gasteiger partial charge in [0.15, 0.2) is 0 Å². The van der Waals surface area contributed by atoms with Gasteiger partial charge in [0.1, 0.15) is 11.6 Å². The highest BCUT2D eigenvalue weighted by Gasteiger charge is 2.23. The Kier molecular flexibility index (Phi) is 5.18. The zero-order valence-corrected chi connectivity index (χ0v) is 15.8. The predicted octanol–water partition coefficient (Wildman–Crippen LogP) is 2.64. The molecular weight excluding hydrogens is 354 g/mol. The molecule has 0 unspecified atom stereocenters. The van der Waals surface area contributed by atoms with E-state index >= 15 is 0 Å². The Bertz CT molecular complexity index is 905. The first-order valence-corrected chi connectivity index (χ1v) is 9.38. The highest BCUT2D eigenvalue weighted by Crippen LogP contribution is 2.22. The van der Waals surface area contributed by atoms with Crippen LogP contribution >= 0.6 is 0 Å². The molecule has 1 saturated heterocycles. The van der Waals surface area contributed by atoms with E-state index in [2.05, 4.69) is 44.3 Å². The van der Waals surface area contributed by atoms with Gasteiger partial charge in [-0.2, -0.15) is 5.10 Å². The van der Waals surface area contributed by atoms with Gasteiger partial charge in [0.2, 0.25) is 0 Å². The highest BCUT2D eigenvalue weighted by molar-refractivity contribution is 5.88. The number of nitrogens with one attached hydrogen (secondary N) is 1. The molecule has 1 aromatic carbocycles. The number of carbonyl (C=O) groups is 1. The zero-order valence-electron chi connectivity index (χ0n) is 15.8. The first-order chi connectivity index (χ1) is 13.7. The van der Waals surface area contributed by atoms with Gasteiger partial charge in [-0.25, -0.2) is 14.5 Å². The van der Waals surface area contributed by atoms with Crippen molar-refractivity contribution in [3.63, 3.8) is 0 Å². The summed E-state index contributed by atoms with van der Waals surface area (Å²) in [6.07, 6.45) is 6.80. The van der Waals surface area contributed by atoms with Gasteiger partial charge >= 0.3 is 6.03 Å². The molecule has 0 bridgehead atoms. The molecule has 3 aromatic rings. The smallest absolute Gasteiger partial charge is 0.323 e. The average Bonchev–Trinajstić information content (AvgIpc) is 3.22. The number of aromatic nitrogens is 4. The number of amides is 2.